The summed E-state index contributed by atoms with van der Waals surface area (Å²) in [6.07, 6.45) is 4.26. The molecular weight excluding hydrogens is 400 g/mol. The highest BCUT2D eigenvalue weighted by Crippen LogP contribution is 2.28. The first-order chi connectivity index (χ1) is 12.9. The van der Waals surface area contributed by atoms with E-state index in [1.54, 1.807) is 12.1 Å². The van der Waals surface area contributed by atoms with Crippen molar-refractivity contribution < 1.29 is 13.2 Å². The molecule has 1 unspecified atom stereocenters. The zero-order valence-electron chi connectivity index (χ0n) is 16.6. The van der Waals surface area contributed by atoms with Crippen LogP contribution in [0.25, 0.3) is 0 Å². The van der Waals surface area contributed by atoms with Crippen molar-refractivity contribution in [3.8, 4) is 0 Å². The lowest BCUT2D eigenvalue weighted by atomic mass is 10.1. The maximum Gasteiger partial charge on any atom is 0.253 e. The molecule has 3 rings (SSSR count). The predicted octanol–water partition coefficient (Wildman–Crippen LogP) is 1.69. The third kappa shape index (κ3) is 5.17. The highest BCUT2D eigenvalue weighted by molar-refractivity contribution is 7.89. The number of hydrogen-bond acceptors (Lipinski definition) is 5. The number of nitrogens with one attached hydrogen (secondary N) is 2. The van der Waals surface area contributed by atoms with Gasteiger partial charge in [-0.15, -0.1) is 12.4 Å². The minimum atomic E-state index is -3.58. The SMILES string of the molecule is CN(C)S(=O)(=O)c1ccc(N2CCCC2)c(C(=O)NCCC2CCNC2)c1.Cl. The molecule has 0 spiro atoms. The summed E-state index contributed by atoms with van der Waals surface area (Å²) in [6.45, 7) is 4.45. The Bertz CT molecular complexity index is 773. The van der Waals surface area contributed by atoms with Gasteiger partial charge >= 0.3 is 0 Å². The molecule has 0 aliphatic carbocycles. The van der Waals surface area contributed by atoms with Gasteiger partial charge in [-0.3, -0.25) is 4.79 Å². The molecule has 2 heterocycles. The van der Waals surface area contributed by atoms with Crippen LogP contribution in [0.2, 0.25) is 0 Å². The maximum absolute atomic E-state index is 12.9. The van der Waals surface area contributed by atoms with Crippen LogP contribution in [0.4, 0.5) is 5.69 Å². The summed E-state index contributed by atoms with van der Waals surface area (Å²) in [6, 6.07) is 4.90. The highest BCUT2D eigenvalue weighted by Gasteiger charge is 2.24. The quantitative estimate of drug-likeness (QED) is 0.687. The summed E-state index contributed by atoms with van der Waals surface area (Å²) in [5.74, 6) is 0.405. The van der Waals surface area contributed by atoms with Gasteiger partial charge < -0.3 is 15.5 Å². The monoisotopic (exact) mass is 430 g/mol. The van der Waals surface area contributed by atoms with Crippen molar-refractivity contribution in [2.75, 3.05) is 51.7 Å². The number of benzene rings is 1. The second-order valence-corrected chi connectivity index (χ2v) is 9.72. The molecule has 2 N–H and O–H groups in total. The maximum atomic E-state index is 12.9. The Morgan fingerprint density at radius 3 is 2.61 bits per heavy atom. The Balaban J connectivity index is 0.00000280. The molecule has 0 bridgehead atoms. The van der Waals surface area contributed by atoms with Crippen LogP contribution in [-0.2, 0) is 10.0 Å². The van der Waals surface area contributed by atoms with Crippen LogP contribution in [0.1, 0.15) is 36.0 Å². The van der Waals surface area contributed by atoms with E-state index in [0.29, 0.717) is 18.0 Å². The summed E-state index contributed by atoms with van der Waals surface area (Å²) < 4.78 is 26.2. The standard InChI is InChI=1S/C19H30N4O3S.ClH/c1-22(2)27(25,26)16-5-6-18(23-11-3-4-12-23)17(13-16)19(24)21-10-8-15-7-9-20-14-15;/h5-6,13,15,20H,3-4,7-12,14H2,1-2H3,(H,21,24);1H. The van der Waals surface area contributed by atoms with Crippen LogP contribution in [0, 0.1) is 5.92 Å². The Morgan fingerprint density at radius 2 is 2.00 bits per heavy atom. The highest BCUT2D eigenvalue weighted by atomic mass is 35.5. The predicted molar refractivity (Wildman–Crippen MR) is 114 cm³/mol. The van der Waals surface area contributed by atoms with Crippen LogP contribution in [0.15, 0.2) is 23.1 Å². The van der Waals surface area contributed by atoms with E-state index in [9.17, 15) is 13.2 Å². The van der Waals surface area contributed by atoms with Crippen molar-refractivity contribution in [2.24, 2.45) is 5.92 Å². The average Bonchev–Trinajstić information content (AvgIpc) is 3.35. The van der Waals surface area contributed by atoms with E-state index in [-0.39, 0.29) is 23.2 Å². The lowest BCUT2D eigenvalue weighted by Crippen LogP contribution is -2.30. The van der Waals surface area contributed by atoms with Gasteiger partial charge in [-0.1, -0.05) is 0 Å². The molecule has 158 valence electrons. The first-order valence-electron chi connectivity index (χ1n) is 9.70. The molecule has 28 heavy (non-hydrogen) atoms. The van der Waals surface area contributed by atoms with Crippen LogP contribution < -0.4 is 15.5 Å². The number of anilines is 1. The lowest BCUT2D eigenvalue weighted by Gasteiger charge is -2.22. The summed E-state index contributed by atoms with van der Waals surface area (Å²) in [7, 11) is -0.582. The molecule has 1 atom stereocenters. The fourth-order valence-corrected chi connectivity index (χ4v) is 4.68. The molecule has 2 aliphatic heterocycles. The first-order valence-corrected chi connectivity index (χ1v) is 11.1. The molecule has 0 radical (unpaired) electrons. The average molecular weight is 431 g/mol. The van der Waals surface area contributed by atoms with Gasteiger partial charge in [0.05, 0.1) is 10.5 Å². The Morgan fingerprint density at radius 1 is 1.29 bits per heavy atom. The van der Waals surface area contributed by atoms with Gasteiger partial charge in [0.15, 0.2) is 0 Å². The smallest absolute Gasteiger partial charge is 0.253 e. The normalized spacial score (nSPS) is 19.7. The van der Waals surface area contributed by atoms with E-state index in [1.807, 2.05) is 0 Å². The van der Waals surface area contributed by atoms with E-state index in [0.717, 1.165) is 57.5 Å². The zero-order chi connectivity index (χ0) is 19.4. The molecule has 0 saturated carbocycles. The fraction of sp³-hybridized carbons (Fsp3) is 0.632. The zero-order valence-corrected chi connectivity index (χ0v) is 18.2. The summed E-state index contributed by atoms with van der Waals surface area (Å²) in [4.78, 5) is 15.2. The number of sulfonamides is 1. The fourth-order valence-electron chi connectivity index (χ4n) is 3.75. The first kappa shape index (κ1) is 22.9. The molecule has 2 aliphatic rings. The Kier molecular flexibility index (Phi) is 8.12. The Labute approximate surface area is 174 Å². The Hall–Kier alpha value is -1.35. The van der Waals surface area contributed by atoms with Crippen molar-refractivity contribution in [1.29, 1.82) is 0 Å². The summed E-state index contributed by atoms with van der Waals surface area (Å²) in [5.41, 5.74) is 1.27. The van der Waals surface area contributed by atoms with Gasteiger partial charge in [0.25, 0.3) is 5.91 Å². The molecule has 1 amide bonds. The van der Waals surface area contributed by atoms with Crippen LogP contribution >= 0.6 is 12.4 Å². The third-order valence-corrected chi connectivity index (χ3v) is 7.25. The lowest BCUT2D eigenvalue weighted by molar-refractivity contribution is 0.0952. The van der Waals surface area contributed by atoms with Crippen LogP contribution in [-0.4, -0.2) is 65.4 Å². The molecule has 2 saturated heterocycles. The number of carbonyl (C=O) groups is 1. The second-order valence-electron chi connectivity index (χ2n) is 7.56. The number of halogens is 1. The summed E-state index contributed by atoms with van der Waals surface area (Å²) >= 11 is 0. The topological polar surface area (TPSA) is 81.8 Å². The number of amides is 1. The minimum Gasteiger partial charge on any atom is -0.371 e. The van der Waals surface area contributed by atoms with Crippen LogP contribution in [0.5, 0.6) is 0 Å². The van der Waals surface area contributed by atoms with E-state index in [2.05, 4.69) is 15.5 Å². The second kappa shape index (κ2) is 9.91. The van der Waals surface area contributed by atoms with E-state index in [1.165, 1.54) is 24.5 Å². The largest absolute Gasteiger partial charge is 0.371 e. The van der Waals surface area contributed by atoms with Crippen molar-refractivity contribution in [3.63, 3.8) is 0 Å². The molecular formula is C19H31ClN4O3S. The summed E-state index contributed by atoms with van der Waals surface area (Å²) in [5, 5.41) is 6.33. The van der Waals surface area contributed by atoms with Gasteiger partial charge in [-0.25, -0.2) is 12.7 Å². The van der Waals surface area contributed by atoms with Crippen molar-refractivity contribution in [1.82, 2.24) is 14.9 Å². The number of carbonyl (C=O) groups excluding carboxylic acids is 1. The molecule has 9 heteroatoms. The van der Waals surface area contributed by atoms with Crippen molar-refractivity contribution in [2.45, 2.75) is 30.6 Å². The number of nitrogens with zero attached hydrogens (tertiary/aromatic N) is 2. The molecule has 0 aromatic heterocycles. The van der Waals surface area contributed by atoms with E-state index < -0.39 is 10.0 Å². The van der Waals surface area contributed by atoms with Gasteiger partial charge in [-0.05, 0) is 62.9 Å². The van der Waals surface area contributed by atoms with Gasteiger partial charge in [-0.2, -0.15) is 0 Å². The number of hydrogen-bond donors (Lipinski definition) is 2. The van der Waals surface area contributed by atoms with E-state index >= 15 is 0 Å². The van der Waals surface area contributed by atoms with Gasteiger partial charge in [0, 0.05) is 39.4 Å². The number of rotatable bonds is 7. The molecule has 7 nitrogen and oxygen atoms in total. The van der Waals surface area contributed by atoms with E-state index in [4.69, 9.17) is 0 Å². The van der Waals surface area contributed by atoms with Crippen LogP contribution in [0.3, 0.4) is 0 Å². The molecule has 2 fully saturated rings. The van der Waals surface area contributed by atoms with Gasteiger partial charge in [0.2, 0.25) is 10.0 Å². The van der Waals surface area contributed by atoms with Crippen molar-refractivity contribution in [3.05, 3.63) is 23.8 Å². The minimum absolute atomic E-state index is 0. The third-order valence-electron chi connectivity index (χ3n) is 5.44. The van der Waals surface area contributed by atoms with Gasteiger partial charge in [0.1, 0.15) is 0 Å². The van der Waals surface area contributed by atoms with Crippen molar-refractivity contribution >= 4 is 34.0 Å². The molecule has 1 aromatic rings. The molecule has 1 aromatic carbocycles.